The molecule has 0 saturated carbocycles. The van der Waals surface area contributed by atoms with Gasteiger partial charge in [0.2, 0.25) is 17.7 Å². The highest BCUT2D eigenvalue weighted by molar-refractivity contribution is 6.42. The Morgan fingerprint density at radius 3 is 2.31 bits per heavy atom. The molecule has 7 nitrogen and oxygen atoms in total. The van der Waals surface area contributed by atoms with E-state index in [0.29, 0.717) is 22.3 Å². The quantitative estimate of drug-likeness (QED) is 0.660. The summed E-state index contributed by atoms with van der Waals surface area (Å²) >= 11 is 11.7. The van der Waals surface area contributed by atoms with Crippen molar-refractivity contribution in [1.29, 1.82) is 0 Å². The molecule has 0 aromatic heterocycles. The molecule has 1 aromatic carbocycles. The lowest BCUT2D eigenvalue weighted by molar-refractivity contribution is -0.135. The molecule has 0 unspecified atom stereocenters. The van der Waals surface area contributed by atoms with Crippen LogP contribution in [0, 0.1) is 0 Å². The molecule has 2 N–H and O–H groups in total. The first kappa shape index (κ1) is 22.2. The van der Waals surface area contributed by atoms with Crippen molar-refractivity contribution in [1.82, 2.24) is 15.1 Å². The summed E-state index contributed by atoms with van der Waals surface area (Å²) in [5, 5.41) is 6.14. The molecule has 0 atom stereocenters. The van der Waals surface area contributed by atoms with Gasteiger partial charge in [0.15, 0.2) is 0 Å². The normalized spacial score (nSPS) is 10.5. The largest absolute Gasteiger partial charge is 0.355 e. The molecule has 0 fully saturated rings. The molecule has 1 rings (SSSR count). The van der Waals surface area contributed by atoms with Crippen LogP contribution in [0.3, 0.4) is 0 Å². The summed E-state index contributed by atoms with van der Waals surface area (Å²) < 4.78 is 0. The van der Waals surface area contributed by atoms with E-state index in [0.717, 1.165) is 6.42 Å². The van der Waals surface area contributed by atoms with Gasteiger partial charge in [-0.25, -0.2) is 0 Å². The van der Waals surface area contributed by atoms with E-state index < -0.39 is 0 Å². The van der Waals surface area contributed by atoms with Gasteiger partial charge in [-0.05, 0) is 31.7 Å². The predicted octanol–water partition coefficient (Wildman–Crippen LogP) is 1.85. The number of likely N-dealkylation sites (N-methyl/N-ethyl adjacent to an activating group) is 2. The van der Waals surface area contributed by atoms with Crippen molar-refractivity contribution in [3.05, 3.63) is 28.2 Å². The third kappa shape index (κ3) is 8.03. The number of carbonyl (C=O) groups excluding carboxylic acids is 3. The highest BCUT2D eigenvalue weighted by atomic mass is 35.5. The van der Waals surface area contributed by atoms with Crippen LogP contribution in [0.5, 0.6) is 0 Å². The molecule has 144 valence electrons. The van der Waals surface area contributed by atoms with E-state index in [-0.39, 0.29) is 37.4 Å². The van der Waals surface area contributed by atoms with Gasteiger partial charge in [-0.1, -0.05) is 30.1 Å². The third-order valence-electron chi connectivity index (χ3n) is 3.40. The fourth-order valence-corrected chi connectivity index (χ4v) is 2.35. The van der Waals surface area contributed by atoms with Gasteiger partial charge in [0.1, 0.15) is 0 Å². The molecule has 0 radical (unpaired) electrons. The maximum absolute atomic E-state index is 12.1. The van der Waals surface area contributed by atoms with Crippen molar-refractivity contribution in [2.75, 3.05) is 45.6 Å². The van der Waals surface area contributed by atoms with Crippen LogP contribution in [-0.4, -0.2) is 67.8 Å². The Bertz CT molecular complexity index is 655. The number of nitrogens with one attached hydrogen (secondary N) is 2. The molecule has 3 amide bonds. The van der Waals surface area contributed by atoms with E-state index in [1.54, 1.807) is 37.2 Å². The van der Waals surface area contributed by atoms with E-state index in [1.165, 1.54) is 4.90 Å². The smallest absolute Gasteiger partial charge is 0.239 e. The summed E-state index contributed by atoms with van der Waals surface area (Å²) in [4.78, 5) is 38.7. The van der Waals surface area contributed by atoms with Crippen molar-refractivity contribution in [2.45, 2.75) is 13.3 Å². The van der Waals surface area contributed by atoms with Crippen LogP contribution < -0.4 is 10.6 Å². The fourth-order valence-electron chi connectivity index (χ4n) is 2.05. The van der Waals surface area contributed by atoms with Crippen LogP contribution in [0.4, 0.5) is 5.69 Å². The first-order valence-corrected chi connectivity index (χ1v) is 8.92. The van der Waals surface area contributed by atoms with Gasteiger partial charge in [-0.2, -0.15) is 0 Å². The van der Waals surface area contributed by atoms with E-state index in [1.807, 2.05) is 6.92 Å². The monoisotopic (exact) mass is 402 g/mol. The van der Waals surface area contributed by atoms with Crippen molar-refractivity contribution in [3.8, 4) is 0 Å². The van der Waals surface area contributed by atoms with Crippen LogP contribution >= 0.6 is 23.2 Å². The zero-order chi connectivity index (χ0) is 19.7. The van der Waals surface area contributed by atoms with Crippen molar-refractivity contribution < 1.29 is 14.4 Å². The Morgan fingerprint density at radius 2 is 1.69 bits per heavy atom. The molecule has 0 aliphatic carbocycles. The SMILES string of the molecule is CCCNC(=O)CN(C)C(=O)CN(C)CC(=O)Nc1ccc(Cl)c(Cl)c1. The molecule has 26 heavy (non-hydrogen) atoms. The molecule has 1 aromatic rings. The molecular weight excluding hydrogens is 379 g/mol. The minimum absolute atomic E-state index is 0.0118. The topological polar surface area (TPSA) is 81.8 Å². The molecular formula is C17H24Cl2N4O3. The summed E-state index contributed by atoms with van der Waals surface area (Å²) in [6.07, 6.45) is 0.833. The minimum atomic E-state index is -0.290. The van der Waals surface area contributed by atoms with Gasteiger partial charge in [-0.3, -0.25) is 19.3 Å². The highest BCUT2D eigenvalue weighted by Gasteiger charge is 2.16. The molecule has 0 bridgehead atoms. The van der Waals surface area contributed by atoms with Crippen LogP contribution in [-0.2, 0) is 14.4 Å². The van der Waals surface area contributed by atoms with Gasteiger partial charge in [0, 0.05) is 19.3 Å². The number of nitrogens with zero attached hydrogens (tertiary/aromatic N) is 2. The molecule has 0 spiro atoms. The van der Waals surface area contributed by atoms with Crippen LogP contribution in [0.1, 0.15) is 13.3 Å². The van der Waals surface area contributed by atoms with Gasteiger partial charge in [0.25, 0.3) is 0 Å². The Hall–Kier alpha value is -1.83. The summed E-state index contributed by atoms with van der Waals surface area (Å²) in [6.45, 7) is 2.55. The molecule has 0 aliphatic heterocycles. The summed E-state index contributed by atoms with van der Waals surface area (Å²) in [5.41, 5.74) is 0.522. The van der Waals surface area contributed by atoms with E-state index in [2.05, 4.69) is 10.6 Å². The first-order valence-electron chi connectivity index (χ1n) is 8.17. The lowest BCUT2D eigenvalue weighted by atomic mass is 10.3. The Balaban J connectivity index is 2.42. The second-order valence-electron chi connectivity index (χ2n) is 5.95. The van der Waals surface area contributed by atoms with Crippen molar-refractivity contribution in [2.24, 2.45) is 0 Å². The van der Waals surface area contributed by atoms with Gasteiger partial charge < -0.3 is 15.5 Å². The van der Waals surface area contributed by atoms with Crippen LogP contribution in [0.25, 0.3) is 0 Å². The summed E-state index contributed by atoms with van der Waals surface area (Å²) in [6, 6.07) is 4.78. The zero-order valence-electron chi connectivity index (χ0n) is 15.1. The second kappa shape index (κ2) is 11.0. The Labute approximate surface area is 163 Å². The van der Waals surface area contributed by atoms with Gasteiger partial charge >= 0.3 is 0 Å². The van der Waals surface area contributed by atoms with Crippen molar-refractivity contribution in [3.63, 3.8) is 0 Å². The van der Waals surface area contributed by atoms with Crippen molar-refractivity contribution >= 4 is 46.6 Å². The number of anilines is 1. The van der Waals surface area contributed by atoms with E-state index in [4.69, 9.17) is 23.2 Å². The first-order chi connectivity index (χ1) is 12.2. The Kier molecular flexibility index (Phi) is 9.40. The lowest BCUT2D eigenvalue weighted by Crippen LogP contribution is -2.43. The van der Waals surface area contributed by atoms with E-state index in [9.17, 15) is 14.4 Å². The van der Waals surface area contributed by atoms with Gasteiger partial charge in [0.05, 0.1) is 29.7 Å². The lowest BCUT2D eigenvalue weighted by Gasteiger charge is -2.21. The fraction of sp³-hybridized carbons (Fsp3) is 0.471. The highest BCUT2D eigenvalue weighted by Crippen LogP contribution is 2.24. The number of amides is 3. The average Bonchev–Trinajstić information content (AvgIpc) is 2.55. The maximum atomic E-state index is 12.1. The summed E-state index contributed by atoms with van der Waals surface area (Å²) in [7, 11) is 3.20. The molecule has 9 heteroatoms. The predicted molar refractivity (Wildman–Crippen MR) is 104 cm³/mol. The number of hydrogen-bond donors (Lipinski definition) is 2. The standard InChI is InChI=1S/C17H24Cl2N4O3/c1-4-7-20-15(24)10-23(3)17(26)11-22(2)9-16(25)21-12-5-6-13(18)14(19)8-12/h5-6,8H,4,7,9-11H2,1-3H3,(H,20,24)(H,21,25). The maximum Gasteiger partial charge on any atom is 0.239 e. The average molecular weight is 403 g/mol. The van der Waals surface area contributed by atoms with E-state index >= 15 is 0 Å². The minimum Gasteiger partial charge on any atom is -0.355 e. The number of rotatable bonds is 9. The number of benzene rings is 1. The zero-order valence-corrected chi connectivity index (χ0v) is 16.7. The second-order valence-corrected chi connectivity index (χ2v) is 6.76. The Morgan fingerprint density at radius 1 is 1.00 bits per heavy atom. The van der Waals surface area contributed by atoms with Gasteiger partial charge in [-0.15, -0.1) is 0 Å². The van der Waals surface area contributed by atoms with Crippen LogP contribution in [0.2, 0.25) is 10.0 Å². The molecule has 0 aliphatic rings. The third-order valence-corrected chi connectivity index (χ3v) is 4.14. The summed E-state index contributed by atoms with van der Waals surface area (Å²) in [5.74, 6) is -0.744. The molecule has 0 saturated heterocycles. The molecule has 0 heterocycles. The number of hydrogen-bond acceptors (Lipinski definition) is 4. The van der Waals surface area contributed by atoms with Crippen LogP contribution in [0.15, 0.2) is 18.2 Å². The number of halogens is 2. The number of carbonyl (C=O) groups is 3.